The topological polar surface area (TPSA) is 76.1 Å². The predicted octanol–water partition coefficient (Wildman–Crippen LogP) is 4.45. The first-order valence-electron chi connectivity index (χ1n) is 9.64. The molecule has 1 amide bonds. The van der Waals surface area contributed by atoms with Crippen molar-refractivity contribution < 1.29 is 23.9 Å². The number of hydrogen-bond acceptors (Lipinski definition) is 4. The van der Waals surface area contributed by atoms with Gasteiger partial charge in [0, 0.05) is 13.0 Å². The van der Waals surface area contributed by atoms with Crippen LogP contribution in [0, 0.1) is 11.3 Å². The maximum atomic E-state index is 12.6. The van der Waals surface area contributed by atoms with E-state index < -0.39 is 20.1 Å². The Balaban J connectivity index is 2.75. The van der Waals surface area contributed by atoms with Gasteiger partial charge in [-0.3, -0.25) is 4.90 Å². The molecule has 0 bridgehead atoms. The minimum absolute atomic E-state index is 0.0556. The van der Waals surface area contributed by atoms with Gasteiger partial charge >= 0.3 is 6.09 Å². The Labute approximate surface area is 165 Å². The summed E-state index contributed by atoms with van der Waals surface area (Å²) in [5.74, 6) is 0.0982. The highest BCUT2D eigenvalue weighted by Gasteiger charge is 2.44. The second-order valence-corrected chi connectivity index (χ2v) is 13.5. The van der Waals surface area contributed by atoms with Gasteiger partial charge in [-0.15, -0.1) is 6.58 Å². The summed E-state index contributed by atoms with van der Waals surface area (Å²) in [5, 5.41) is 9.77. The minimum Gasteiger partial charge on any atom is -0.465 e. The van der Waals surface area contributed by atoms with E-state index in [1.807, 2.05) is 19.2 Å². The summed E-state index contributed by atoms with van der Waals surface area (Å²) < 4.78 is 11.8. The van der Waals surface area contributed by atoms with Gasteiger partial charge in [-0.2, -0.15) is 0 Å². The van der Waals surface area contributed by atoms with E-state index in [2.05, 4.69) is 27.4 Å². The first-order chi connectivity index (χ1) is 12.2. The van der Waals surface area contributed by atoms with Gasteiger partial charge in [0.1, 0.15) is 11.1 Å². The quantitative estimate of drug-likeness (QED) is 0.458. The molecule has 1 aliphatic heterocycles. The van der Waals surface area contributed by atoms with Crippen LogP contribution < -0.4 is 0 Å². The van der Waals surface area contributed by atoms with Crippen LogP contribution in [0.1, 0.15) is 53.9 Å². The van der Waals surface area contributed by atoms with Crippen molar-refractivity contribution in [1.82, 2.24) is 4.90 Å². The van der Waals surface area contributed by atoms with Crippen LogP contribution in [-0.2, 0) is 14.0 Å². The fourth-order valence-electron chi connectivity index (χ4n) is 3.40. The van der Waals surface area contributed by atoms with Crippen LogP contribution in [0.25, 0.3) is 0 Å². The number of ether oxygens (including phenoxy) is 1. The zero-order valence-corrected chi connectivity index (χ0v) is 19.0. The standard InChI is InChI=1S/C20H37NO5Si/c1-9-10-15(11-16-14-25-20(5,6)21(16)18(23)24)13-26-27(7,8)17(22)12-19(2,3)4/h9,15-16H,1,10-14H2,2-8H3,(H,23,24)/t15-,16?/m1/s1. The number of carboxylic acid groups (broad SMARTS) is 1. The molecule has 1 aliphatic rings. The van der Waals surface area contributed by atoms with Crippen molar-refractivity contribution >= 4 is 19.8 Å². The average Bonchev–Trinajstić information content (AvgIpc) is 2.78. The van der Waals surface area contributed by atoms with Gasteiger partial charge < -0.3 is 19.1 Å². The van der Waals surface area contributed by atoms with Gasteiger partial charge in [0.05, 0.1) is 12.6 Å². The third kappa shape index (κ3) is 7.05. The average molecular weight is 400 g/mol. The summed E-state index contributed by atoms with van der Waals surface area (Å²) in [4.78, 5) is 25.7. The fraction of sp³-hybridized carbons (Fsp3) is 0.800. The Kier molecular flexibility index (Phi) is 7.85. The lowest BCUT2D eigenvalue weighted by Gasteiger charge is -2.33. The molecule has 156 valence electrons. The van der Waals surface area contributed by atoms with Crippen LogP contribution in [0.2, 0.25) is 13.1 Å². The van der Waals surface area contributed by atoms with Crippen molar-refractivity contribution in [2.45, 2.75) is 78.7 Å². The number of amides is 1. The van der Waals surface area contributed by atoms with Crippen LogP contribution in [0.15, 0.2) is 12.7 Å². The SMILES string of the molecule is C=CC[C@@H](CO[Si](C)(C)C(=O)CC(C)(C)C)CC1COC(C)(C)N1C(=O)O. The maximum Gasteiger partial charge on any atom is 0.409 e. The second-order valence-electron chi connectivity index (χ2n) is 9.67. The molecule has 0 aromatic carbocycles. The molecule has 0 aliphatic carbocycles. The summed E-state index contributed by atoms with van der Waals surface area (Å²) in [6.07, 6.45) is 2.69. The van der Waals surface area contributed by atoms with Crippen molar-refractivity contribution in [1.29, 1.82) is 0 Å². The first-order valence-corrected chi connectivity index (χ1v) is 12.5. The number of nitrogens with zero attached hydrogens (tertiary/aromatic N) is 1. The summed E-state index contributed by atoms with van der Waals surface area (Å²) in [6, 6.07) is -0.221. The highest BCUT2D eigenvalue weighted by molar-refractivity contribution is 6.99. The van der Waals surface area contributed by atoms with Gasteiger partial charge in [-0.25, -0.2) is 4.79 Å². The normalized spacial score (nSPS) is 21.1. The van der Waals surface area contributed by atoms with Crippen LogP contribution >= 0.6 is 0 Å². The minimum atomic E-state index is -2.47. The molecule has 1 saturated heterocycles. The van der Waals surface area contributed by atoms with E-state index in [4.69, 9.17) is 9.16 Å². The highest BCUT2D eigenvalue weighted by atomic mass is 28.4. The molecule has 1 unspecified atom stereocenters. The lowest BCUT2D eigenvalue weighted by Crippen LogP contribution is -2.48. The van der Waals surface area contributed by atoms with Gasteiger partial charge in [-0.1, -0.05) is 26.8 Å². The summed E-state index contributed by atoms with van der Waals surface area (Å²) in [5.41, 5.74) is -0.882. The van der Waals surface area contributed by atoms with Gasteiger partial charge in [0.25, 0.3) is 8.32 Å². The number of rotatable bonds is 9. The van der Waals surface area contributed by atoms with Crippen LogP contribution in [0.5, 0.6) is 0 Å². The number of carbonyl (C=O) groups excluding carboxylic acids is 1. The van der Waals surface area contributed by atoms with Crippen molar-refractivity contribution in [2.24, 2.45) is 11.3 Å². The lowest BCUT2D eigenvalue weighted by atomic mass is 9.93. The highest BCUT2D eigenvalue weighted by Crippen LogP contribution is 2.32. The molecule has 1 heterocycles. The van der Waals surface area contributed by atoms with Crippen LogP contribution in [-0.4, -0.2) is 54.8 Å². The van der Waals surface area contributed by atoms with Gasteiger partial charge in [-0.05, 0) is 51.1 Å². The van der Waals surface area contributed by atoms with E-state index in [9.17, 15) is 14.7 Å². The molecule has 0 spiro atoms. The molecule has 1 fully saturated rings. The molecule has 6 nitrogen and oxygen atoms in total. The molecule has 0 aromatic heterocycles. The van der Waals surface area contributed by atoms with Gasteiger partial charge in [0.2, 0.25) is 0 Å². The molecule has 0 saturated carbocycles. The van der Waals surface area contributed by atoms with E-state index in [1.54, 1.807) is 13.8 Å². The lowest BCUT2D eigenvalue weighted by molar-refractivity contribution is -0.115. The van der Waals surface area contributed by atoms with E-state index in [0.717, 1.165) is 0 Å². The molecule has 0 radical (unpaired) electrons. The van der Waals surface area contributed by atoms with Crippen LogP contribution in [0.4, 0.5) is 4.79 Å². The van der Waals surface area contributed by atoms with Crippen molar-refractivity contribution in [3.05, 3.63) is 12.7 Å². The monoisotopic (exact) mass is 399 g/mol. The number of carbonyl (C=O) groups is 2. The fourth-order valence-corrected chi connectivity index (χ4v) is 5.17. The van der Waals surface area contributed by atoms with Crippen molar-refractivity contribution in [2.75, 3.05) is 13.2 Å². The largest absolute Gasteiger partial charge is 0.465 e. The molecule has 0 aromatic rings. The van der Waals surface area contributed by atoms with E-state index in [-0.39, 0.29) is 22.8 Å². The summed E-state index contributed by atoms with van der Waals surface area (Å²) in [6.45, 7) is 18.2. The molecule has 1 rings (SSSR count). The number of hydrogen-bond donors (Lipinski definition) is 1. The molecular weight excluding hydrogens is 362 g/mol. The molecular formula is C20H37NO5Si. The maximum absolute atomic E-state index is 12.6. The Morgan fingerprint density at radius 2 is 2.00 bits per heavy atom. The molecule has 2 atom stereocenters. The third-order valence-electron chi connectivity index (χ3n) is 4.93. The Morgan fingerprint density at radius 3 is 2.48 bits per heavy atom. The Bertz CT molecular complexity index is 553. The molecule has 1 N–H and O–H groups in total. The molecule has 7 heteroatoms. The summed E-state index contributed by atoms with van der Waals surface area (Å²) in [7, 11) is -2.47. The second kappa shape index (κ2) is 8.88. The van der Waals surface area contributed by atoms with E-state index in [1.165, 1.54) is 4.90 Å². The number of allylic oxidation sites excluding steroid dienone is 1. The third-order valence-corrected chi connectivity index (χ3v) is 7.34. The van der Waals surface area contributed by atoms with Crippen molar-refractivity contribution in [3.63, 3.8) is 0 Å². The smallest absolute Gasteiger partial charge is 0.409 e. The zero-order chi connectivity index (χ0) is 21.0. The molecule has 27 heavy (non-hydrogen) atoms. The van der Waals surface area contributed by atoms with Crippen LogP contribution in [0.3, 0.4) is 0 Å². The first kappa shape index (κ1) is 23.9. The van der Waals surface area contributed by atoms with Gasteiger partial charge in [0.15, 0.2) is 0 Å². The predicted molar refractivity (Wildman–Crippen MR) is 109 cm³/mol. The Morgan fingerprint density at radius 1 is 1.41 bits per heavy atom. The zero-order valence-electron chi connectivity index (χ0n) is 18.0. The van der Waals surface area contributed by atoms with E-state index >= 15 is 0 Å². The summed E-state index contributed by atoms with van der Waals surface area (Å²) >= 11 is 0. The Hall–Kier alpha value is -1.18. The van der Waals surface area contributed by atoms with E-state index in [0.29, 0.717) is 32.5 Å². The van der Waals surface area contributed by atoms with Crippen molar-refractivity contribution in [3.8, 4) is 0 Å².